The summed E-state index contributed by atoms with van der Waals surface area (Å²) < 4.78 is 57.3. The number of thiol groups is 1. The third-order valence-electron chi connectivity index (χ3n) is 1.18. The molecular weight excluding hydrogens is 193 g/mol. The van der Waals surface area contributed by atoms with Crippen LogP contribution in [0.15, 0.2) is 17.0 Å². The van der Waals surface area contributed by atoms with Crippen molar-refractivity contribution in [2.24, 2.45) is 0 Å². The summed E-state index contributed by atoms with van der Waals surface area (Å²) in [6.45, 7) is 0. The van der Waals surface area contributed by atoms with E-state index in [-0.39, 0.29) is 0 Å². The lowest BCUT2D eigenvalue weighted by molar-refractivity contribution is 0.442. The number of hydrogen-bond acceptors (Lipinski definition) is 2. The molecule has 0 fully saturated rings. The molecule has 2 nitrogen and oxygen atoms in total. The molecule has 0 unspecified atom stereocenters. The Morgan fingerprint density at radius 1 is 1.00 bits per heavy atom. The summed E-state index contributed by atoms with van der Waals surface area (Å²) in [5.41, 5.74) is 0. The van der Waals surface area contributed by atoms with Crippen LogP contribution in [0.2, 0.25) is 0 Å². The zero-order valence-corrected chi connectivity index (χ0v) is 6.45. The van der Waals surface area contributed by atoms with Crippen molar-refractivity contribution in [2.75, 3.05) is 0 Å². The van der Waals surface area contributed by atoms with Gasteiger partial charge in [-0.25, -0.2) is 21.6 Å². The Morgan fingerprint density at radius 2 is 1.42 bits per heavy atom. The molecule has 0 aliphatic rings. The minimum atomic E-state index is -3.09. The van der Waals surface area contributed by atoms with Crippen LogP contribution in [0.3, 0.4) is 0 Å². The van der Waals surface area contributed by atoms with Gasteiger partial charge in [0.25, 0.3) is 0 Å². The van der Waals surface area contributed by atoms with Gasteiger partial charge in [0.05, 0.1) is 4.90 Å². The van der Waals surface area contributed by atoms with E-state index >= 15 is 0 Å². The molecular formula is C6H3F3O2S. The minimum Gasteiger partial charge on any atom is -0.227 e. The summed E-state index contributed by atoms with van der Waals surface area (Å²) in [5, 5.41) is 0. The molecule has 0 atom stereocenters. The van der Waals surface area contributed by atoms with Crippen molar-refractivity contribution in [3.8, 4) is 0 Å². The van der Waals surface area contributed by atoms with Crippen molar-refractivity contribution in [3.63, 3.8) is 0 Å². The van der Waals surface area contributed by atoms with E-state index in [0.29, 0.717) is 12.1 Å². The number of rotatable bonds is 1. The van der Waals surface area contributed by atoms with Crippen LogP contribution in [0.1, 0.15) is 0 Å². The Labute approximate surface area is 67.6 Å². The molecule has 0 amide bonds. The molecule has 1 rings (SSSR count). The molecule has 12 heavy (non-hydrogen) atoms. The van der Waals surface area contributed by atoms with E-state index in [9.17, 15) is 21.6 Å². The van der Waals surface area contributed by atoms with Gasteiger partial charge in [0, 0.05) is 0 Å². The molecule has 1 aromatic carbocycles. The highest BCUT2D eigenvalue weighted by atomic mass is 32.2. The normalized spacial score (nSPS) is 10.7. The molecule has 0 saturated carbocycles. The SMILES string of the molecule is O=[SH](=O)c1cc(F)c(F)c(F)c1. The first-order chi connectivity index (χ1) is 5.52. The minimum absolute atomic E-state index is 0.421. The molecule has 0 aliphatic carbocycles. The van der Waals surface area contributed by atoms with Crippen LogP contribution in [0.5, 0.6) is 0 Å². The van der Waals surface area contributed by atoms with Gasteiger partial charge in [0.15, 0.2) is 28.2 Å². The number of hydrogen-bond donors (Lipinski definition) is 1. The predicted molar refractivity (Wildman–Crippen MR) is 34.9 cm³/mol. The van der Waals surface area contributed by atoms with Crippen molar-refractivity contribution in [1.29, 1.82) is 0 Å². The van der Waals surface area contributed by atoms with E-state index in [0.717, 1.165) is 0 Å². The van der Waals surface area contributed by atoms with Gasteiger partial charge >= 0.3 is 0 Å². The second-order valence-electron chi connectivity index (χ2n) is 1.98. The van der Waals surface area contributed by atoms with Crippen molar-refractivity contribution in [2.45, 2.75) is 4.90 Å². The molecule has 0 saturated heterocycles. The van der Waals surface area contributed by atoms with E-state index in [4.69, 9.17) is 0 Å². The summed E-state index contributed by atoms with van der Waals surface area (Å²) in [7, 11) is -3.09. The van der Waals surface area contributed by atoms with Crippen LogP contribution in [0, 0.1) is 17.5 Å². The molecule has 0 spiro atoms. The Balaban J connectivity index is 3.40. The second kappa shape index (κ2) is 3.14. The maximum Gasteiger partial charge on any atom is 0.194 e. The van der Waals surface area contributed by atoms with Gasteiger partial charge in [-0.05, 0) is 12.1 Å². The standard InChI is InChI=1S/C6H3F3O2S/c7-4-1-3(12(10)11)2-5(8)6(4)9/h1-2,12H. The number of benzene rings is 1. The zero-order chi connectivity index (χ0) is 9.30. The molecule has 0 radical (unpaired) electrons. The van der Waals surface area contributed by atoms with Gasteiger partial charge in [-0.2, -0.15) is 0 Å². The summed E-state index contributed by atoms with van der Waals surface area (Å²) in [5.74, 6) is -4.69. The first kappa shape index (κ1) is 9.05. The lowest BCUT2D eigenvalue weighted by Crippen LogP contribution is -1.92. The van der Waals surface area contributed by atoms with E-state index < -0.39 is 33.1 Å². The van der Waals surface area contributed by atoms with Gasteiger partial charge in [-0.1, -0.05) is 0 Å². The summed E-state index contributed by atoms with van der Waals surface area (Å²) >= 11 is 0. The van der Waals surface area contributed by atoms with E-state index in [1.807, 2.05) is 0 Å². The Kier molecular flexibility index (Phi) is 2.37. The fraction of sp³-hybridized carbons (Fsp3) is 0. The topological polar surface area (TPSA) is 34.1 Å². The van der Waals surface area contributed by atoms with Crippen LogP contribution in [0.25, 0.3) is 0 Å². The fourth-order valence-electron chi connectivity index (χ4n) is 0.648. The summed E-state index contributed by atoms with van der Waals surface area (Å²) in [6, 6.07) is 0.842. The van der Waals surface area contributed by atoms with Gasteiger partial charge in [-0.15, -0.1) is 0 Å². The van der Waals surface area contributed by atoms with Crippen LogP contribution in [-0.4, -0.2) is 8.42 Å². The van der Waals surface area contributed by atoms with Crippen LogP contribution in [0.4, 0.5) is 13.2 Å². The Morgan fingerprint density at radius 3 is 1.75 bits per heavy atom. The lowest BCUT2D eigenvalue weighted by Gasteiger charge is -1.95. The van der Waals surface area contributed by atoms with Gasteiger partial charge in [-0.3, -0.25) is 0 Å². The van der Waals surface area contributed by atoms with Crippen LogP contribution >= 0.6 is 0 Å². The van der Waals surface area contributed by atoms with E-state index in [1.54, 1.807) is 0 Å². The van der Waals surface area contributed by atoms with Crippen LogP contribution in [-0.2, 0) is 10.7 Å². The molecule has 0 bridgehead atoms. The third kappa shape index (κ3) is 1.58. The van der Waals surface area contributed by atoms with Gasteiger partial charge < -0.3 is 0 Å². The molecule has 6 heteroatoms. The maximum atomic E-state index is 12.3. The average molecular weight is 196 g/mol. The zero-order valence-electron chi connectivity index (χ0n) is 5.55. The summed E-state index contributed by atoms with van der Waals surface area (Å²) in [6.07, 6.45) is 0. The van der Waals surface area contributed by atoms with Crippen molar-refractivity contribution < 1.29 is 21.6 Å². The fourth-order valence-corrected chi connectivity index (χ4v) is 1.09. The monoisotopic (exact) mass is 196 g/mol. The van der Waals surface area contributed by atoms with Crippen molar-refractivity contribution in [1.82, 2.24) is 0 Å². The molecule has 0 aliphatic heterocycles. The van der Waals surface area contributed by atoms with Crippen molar-refractivity contribution in [3.05, 3.63) is 29.6 Å². The highest BCUT2D eigenvalue weighted by molar-refractivity contribution is 7.72. The predicted octanol–water partition coefficient (Wildman–Crippen LogP) is 1.07. The molecule has 66 valence electrons. The molecule has 1 aromatic rings. The Bertz CT molecular complexity index is 355. The van der Waals surface area contributed by atoms with E-state index in [2.05, 4.69) is 0 Å². The molecule has 0 heterocycles. The van der Waals surface area contributed by atoms with Gasteiger partial charge in [0.2, 0.25) is 0 Å². The first-order valence-electron chi connectivity index (χ1n) is 2.81. The first-order valence-corrected chi connectivity index (χ1v) is 3.99. The quantitative estimate of drug-likeness (QED) is 0.538. The van der Waals surface area contributed by atoms with Crippen molar-refractivity contribution >= 4 is 10.7 Å². The lowest BCUT2D eigenvalue weighted by atomic mass is 10.3. The largest absolute Gasteiger partial charge is 0.227 e. The smallest absolute Gasteiger partial charge is 0.194 e. The molecule has 0 aromatic heterocycles. The Hall–Kier alpha value is -1.04. The average Bonchev–Trinajstić information content (AvgIpc) is 1.99. The van der Waals surface area contributed by atoms with Gasteiger partial charge in [0.1, 0.15) is 0 Å². The van der Waals surface area contributed by atoms with Crippen LogP contribution < -0.4 is 0 Å². The molecule has 0 N–H and O–H groups in total. The second-order valence-corrected chi connectivity index (χ2v) is 3.01. The number of halogens is 3. The highest BCUT2D eigenvalue weighted by Gasteiger charge is 2.10. The summed E-state index contributed by atoms with van der Waals surface area (Å²) in [4.78, 5) is -0.582. The highest BCUT2D eigenvalue weighted by Crippen LogP contribution is 2.13. The maximum absolute atomic E-state index is 12.3. The third-order valence-corrected chi connectivity index (χ3v) is 1.86. The van der Waals surface area contributed by atoms with E-state index in [1.165, 1.54) is 0 Å².